The minimum absolute atomic E-state index is 0.229. The van der Waals surface area contributed by atoms with Crippen LogP contribution in [0.15, 0.2) is 84.9 Å². The summed E-state index contributed by atoms with van der Waals surface area (Å²) in [4.78, 5) is 0. The average molecular weight is 401 g/mol. The molecule has 152 valence electrons. The molecule has 0 heterocycles. The first-order valence-electron chi connectivity index (χ1n) is 11.5. The summed E-state index contributed by atoms with van der Waals surface area (Å²) in [6.07, 6.45) is 0. The Labute approximate surface area is 185 Å². The van der Waals surface area contributed by atoms with E-state index < -0.39 is 0 Å². The van der Waals surface area contributed by atoms with Gasteiger partial charge in [-0.25, -0.2) is 0 Å². The fraction of sp³-hybridized carbons (Fsp3) is 0.226. The average Bonchev–Trinajstić information content (AvgIpc) is 3.25. The molecule has 0 aliphatic heterocycles. The summed E-state index contributed by atoms with van der Waals surface area (Å²) >= 11 is 0. The van der Waals surface area contributed by atoms with Crippen LogP contribution in [0.3, 0.4) is 0 Å². The first-order valence-corrected chi connectivity index (χ1v) is 11.5. The maximum Gasteiger partial charge on any atom is 0.0725 e. The van der Waals surface area contributed by atoms with Gasteiger partial charge in [0, 0.05) is 0 Å². The lowest BCUT2D eigenvalue weighted by Gasteiger charge is -2.31. The molecule has 2 aliphatic carbocycles. The van der Waals surface area contributed by atoms with E-state index >= 15 is 0 Å². The van der Waals surface area contributed by atoms with Crippen LogP contribution in [0, 0.1) is 0 Å². The lowest BCUT2D eigenvalue weighted by atomic mass is 9.70. The van der Waals surface area contributed by atoms with Crippen LogP contribution in [-0.4, -0.2) is 0 Å². The summed E-state index contributed by atoms with van der Waals surface area (Å²) in [5, 5.41) is 0. The monoisotopic (exact) mass is 400 g/mol. The Morgan fingerprint density at radius 1 is 0.452 bits per heavy atom. The van der Waals surface area contributed by atoms with Gasteiger partial charge in [-0.1, -0.05) is 113 Å². The van der Waals surface area contributed by atoms with Crippen LogP contribution in [0.1, 0.15) is 72.9 Å². The minimum atomic E-state index is -0.229. The van der Waals surface area contributed by atoms with Crippen LogP contribution in [0.2, 0.25) is 0 Å². The molecule has 0 fully saturated rings. The van der Waals surface area contributed by atoms with E-state index in [9.17, 15) is 0 Å². The zero-order valence-electron chi connectivity index (χ0n) is 18.7. The van der Waals surface area contributed by atoms with Crippen molar-refractivity contribution in [3.63, 3.8) is 0 Å². The molecule has 4 aromatic carbocycles. The van der Waals surface area contributed by atoms with Crippen molar-refractivity contribution in [2.75, 3.05) is 0 Å². The first kappa shape index (κ1) is 18.6. The van der Waals surface area contributed by atoms with E-state index in [4.69, 9.17) is 0 Å². The number of hydrogen-bond acceptors (Lipinski definition) is 0. The zero-order valence-corrected chi connectivity index (χ0v) is 18.7. The van der Waals surface area contributed by atoms with Crippen LogP contribution in [0.5, 0.6) is 0 Å². The Kier molecular flexibility index (Phi) is 3.87. The molecule has 0 saturated carbocycles. The van der Waals surface area contributed by atoms with Crippen LogP contribution < -0.4 is 0 Å². The van der Waals surface area contributed by atoms with Crippen molar-refractivity contribution >= 4 is 0 Å². The van der Waals surface area contributed by atoms with Crippen molar-refractivity contribution in [1.82, 2.24) is 0 Å². The molecule has 1 spiro atoms. The van der Waals surface area contributed by atoms with Gasteiger partial charge in [-0.3, -0.25) is 0 Å². The fourth-order valence-corrected chi connectivity index (χ4v) is 5.89. The molecule has 0 unspecified atom stereocenters. The van der Waals surface area contributed by atoms with Gasteiger partial charge in [0.15, 0.2) is 0 Å². The molecule has 0 radical (unpaired) electrons. The van der Waals surface area contributed by atoms with E-state index in [1.807, 2.05) is 0 Å². The quantitative estimate of drug-likeness (QED) is 0.274. The van der Waals surface area contributed by atoms with Gasteiger partial charge >= 0.3 is 0 Å². The van der Waals surface area contributed by atoms with Crippen molar-refractivity contribution in [3.8, 4) is 22.3 Å². The summed E-state index contributed by atoms with van der Waals surface area (Å²) < 4.78 is 0. The smallest absolute Gasteiger partial charge is 0.0619 e. The molecule has 0 bridgehead atoms. The van der Waals surface area contributed by atoms with Crippen molar-refractivity contribution in [3.05, 3.63) is 118 Å². The van der Waals surface area contributed by atoms with Crippen molar-refractivity contribution in [2.24, 2.45) is 0 Å². The highest BCUT2D eigenvalue weighted by atomic mass is 14.5. The molecule has 0 heteroatoms. The molecule has 2 aliphatic rings. The Bertz CT molecular complexity index is 1230. The highest BCUT2D eigenvalue weighted by molar-refractivity contribution is 5.95. The molecule has 0 saturated heterocycles. The predicted molar refractivity (Wildman–Crippen MR) is 131 cm³/mol. The van der Waals surface area contributed by atoms with Gasteiger partial charge in [0.05, 0.1) is 5.41 Å². The molecule has 6 rings (SSSR count). The van der Waals surface area contributed by atoms with Gasteiger partial charge < -0.3 is 0 Å². The third kappa shape index (κ3) is 2.31. The van der Waals surface area contributed by atoms with Crippen LogP contribution in [0.4, 0.5) is 0 Å². The van der Waals surface area contributed by atoms with E-state index in [2.05, 4.69) is 113 Å². The summed E-state index contributed by atoms with van der Waals surface area (Å²) in [6, 6.07) is 32.5. The largest absolute Gasteiger partial charge is 0.0725 e. The van der Waals surface area contributed by atoms with Crippen molar-refractivity contribution in [1.29, 1.82) is 0 Å². The topological polar surface area (TPSA) is 0 Å². The Balaban J connectivity index is 1.81. The fourth-order valence-electron chi connectivity index (χ4n) is 5.89. The van der Waals surface area contributed by atoms with E-state index in [0.717, 1.165) is 0 Å². The van der Waals surface area contributed by atoms with Crippen LogP contribution >= 0.6 is 0 Å². The van der Waals surface area contributed by atoms with Crippen molar-refractivity contribution < 1.29 is 0 Å². The lowest BCUT2D eigenvalue weighted by Crippen LogP contribution is -2.26. The normalized spacial score (nSPS) is 14.6. The van der Waals surface area contributed by atoms with Gasteiger partial charge in [-0.2, -0.15) is 0 Å². The summed E-state index contributed by atoms with van der Waals surface area (Å²) in [6.45, 7) is 9.18. The molecule has 0 nitrogen and oxygen atoms in total. The Morgan fingerprint density at radius 2 is 0.839 bits per heavy atom. The summed E-state index contributed by atoms with van der Waals surface area (Å²) in [5.74, 6) is 1.01. The number of benzene rings is 4. The molecule has 31 heavy (non-hydrogen) atoms. The molecule has 0 N–H and O–H groups in total. The van der Waals surface area contributed by atoms with E-state index in [1.165, 1.54) is 55.6 Å². The number of hydrogen-bond donors (Lipinski definition) is 0. The molecule has 0 atom stereocenters. The van der Waals surface area contributed by atoms with Gasteiger partial charge in [0.25, 0.3) is 0 Å². The number of fused-ring (bicyclic) bond motifs is 10. The van der Waals surface area contributed by atoms with Gasteiger partial charge in [-0.05, 0) is 67.5 Å². The molecule has 0 amide bonds. The third-order valence-corrected chi connectivity index (χ3v) is 7.47. The maximum absolute atomic E-state index is 2.49. The van der Waals surface area contributed by atoms with Crippen LogP contribution in [-0.2, 0) is 5.41 Å². The summed E-state index contributed by atoms with van der Waals surface area (Å²) in [5.41, 5.74) is 13.9. The second-order valence-electron chi connectivity index (χ2n) is 9.76. The molecule has 4 aromatic rings. The number of rotatable bonds is 2. The van der Waals surface area contributed by atoms with E-state index in [0.29, 0.717) is 11.8 Å². The highest BCUT2D eigenvalue weighted by Crippen LogP contribution is 2.63. The van der Waals surface area contributed by atoms with E-state index in [-0.39, 0.29) is 5.41 Å². The lowest BCUT2D eigenvalue weighted by molar-refractivity contribution is 0.777. The Hall–Kier alpha value is -3.12. The second-order valence-corrected chi connectivity index (χ2v) is 9.76. The predicted octanol–water partition coefficient (Wildman–Crippen LogP) is 8.28. The first-order chi connectivity index (χ1) is 15.0. The second kappa shape index (κ2) is 6.44. The molecule has 0 aromatic heterocycles. The summed E-state index contributed by atoms with van der Waals surface area (Å²) in [7, 11) is 0. The molecular weight excluding hydrogens is 372 g/mol. The highest BCUT2D eigenvalue weighted by Gasteiger charge is 2.51. The molecular formula is C31H28. The maximum atomic E-state index is 2.49. The minimum Gasteiger partial charge on any atom is -0.0619 e. The SMILES string of the molecule is CC(C)c1ccc2c(c1)C1(c3ccccc3-c3ccccc31)c1cc(C(C)C)ccc1-2. The standard InChI is InChI=1S/C31H28/c1-19(2)21-13-15-25-26-16-14-22(20(3)4)18-30(26)31(29(25)17-21)27-11-7-5-9-23(27)24-10-6-8-12-28(24)31/h5-20H,1-4H3. The van der Waals surface area contributed by atoms with E-state index in [1.54, 1.807) is 0 Å². The Morgan fingerprint density at radius 3 is 1.26 bits per heavy atom. The van der Waals surface area contributed by atoms with Gasteiger partial charge in [0.2, 0.25) is 0 Å². The van der Waals surface area contributed by atoms with Crippen LogP contribution in [0.25, 0.3) is 22.3 Å². The van der Waals surface area contributed by atoms with Crippen molar-refractivity contribution in [2.45, 2.75) is 44.9 Å². The van der Waals surface area contributed by atoms with Gasteiger partial charge in [-0.15, -0.1) is 0 Å². The third-order valence-electron chi connectivity index (χ3n) is 7.47. The van der Waals surface area contributed by atoms with Gasteiger partial charge in [0.1, 0.15) is 0 Å². The zero-order chi connectivity index (χ0) is 21.3.